The highest BCUT2D eigenvalue weighted by Gasteiger charge is 2.20. The quantitative estimate of drug-likeness (QED) is 0.906. The summed E-state index contributed by atoms with van der Waals surface area (Å²) in [6.45, 7) is 6.35. The van der Waals surface area contributed by atoms with Crippen molar-refractivity contribution in [2.24, 2.45) is 5.73 Å². The molecule has 106 valence electrons. The van der Waals surface area contributed by atoms with Crippen molar-refractivity contribution in [2.75, 3.05) is 20.1 Å². The van der Waals surface area contributed by atoms with E-state index in [0.29, 0.717) is 6.10 Å². The second-order valence-corrected chi connectivity index (χ2v) is 6.39. The first-order chi connectivity index (χ1) is 8.94. The van der Waals surface area contributed by atoms with Crippen LogP contribution >= 0.6 is 0 Å². The van der Waals surface area contributed by atoms with Crippen molar-refractivity contribution in [1.82, 2.24) is 4.90 Å². The van der Waals surface area contributed by atoms with E-state index in [1.165, 1.54) is 5.56 Å². The van der Waals surface area contributed by atoms with Crippen molar-refractivity contribution >= 4 is 0 Å². The molecule has 1 aromatic rings. The molecule has 0 amide bonds. The fraction of sp³-hybridized carbons (Fsp3) is 0.625. The Hall–Kier alpha value is -1.06. The molecule has 19 heavy (non-hydrogen) atoms. The number of likely N-dealkylation sites (tertiary alicyclic amines) is 1. The number of nitrogens with two attached hydrogens (primary N) is 1. The van der Waals surface area contributed by atoms with E-state index in [9.17, 15) is 0 Å². The fourth-order valence-electron chi connectivity index (χ4n) is 2.54. The van der Waals surface area contributed by atoms with E-state index < -0.39 is 0 Å². The average Bonchev–Trinajstić information content (AvgIpc) is 2.33. The lowest BCUT2D eigenvalue weighted by atomic mass is 9.95. The molecule has 3 nitrogen and oxygen atoms in total. The van der Waals surface area contributed by atoms with Crippen LogP contribution < -0.4 is 10.5 Å². The maximum Gasteiger partial charge on any atom is 0.122 e. The normalized spacial score (nSPS) is 18.5. The Morgan fingerprint density at radius 3 is 2.53 bits per heavy atom. The monoisotopic (exact) mass is 262 g/mol. The predicted molar refractivity (Wildman–Crippen MR) is 79.6 cm³/mol. The number of rotatable bonds is 4. The molecule has 0 aliphatic carbocycles. The van der Waals surface area contributed by atoms with E-state index in [2.05, 4.69) is 44.0 Å². The minimum atomic E-state index is -0.202. The molecule has 0 spiro atoms. The SMILES string of the molecule is CN1CCC(Oc2ccccc2CC(C)(C)N)CC1. The molecule has 1 aromatic carbocycles. The maximum absolute atomic E-state index is 6.20. The molecule has 0 atom stereocenters. The molecular weight excluding hydrogens is 236 g/mol. The van der Waals surface area contributed by atoms with Crippen LogP contribution in [0.1, 0.15) is 32.3 Å². The number of piperidine rings is 1. The Bertz CT molecular complexity index is 403. The van der Waals surface area contributed by atoms with Crippen LogP contribution in [0.25, 0.3) is 0 Å². The van der Waals surface area contributed by atoms with E-state index in [0.717, 1.165) is 38.1 Å². The lowest BCUT2D eigenvalue weighted by Crippen LogP contribution is -2.36. The maximum atomic E-state index is 6.20. The van der Waals surface area contributed by atoms with Crippen LogP contribution in [0.15, 0.2) is 24.3 Å². The molecule has 1 aliphatic heterocycles. The Kier molecular flexibility index (Phi) is 4.48. The van der Waals surface area contributed by atoms with Crippen molar-refractivity contribution in [1.29, 1.82) is 0 Å². The molecular formula is C16H26N2O. The van der Waals surface area contributed by atoms with Gasteiger partial charge in [0.15, 0.2) is 0 Å². The van der Waals surface area contributed by atoms with Gasteiger partial charge < -0.3 is 15.4 Å². The van der Waals surface area contributed by atoms with Gasteiger partial charge in [0.1, 0.15) is 11.9 Å². The third-order valence-electron chi connectivity index (χ3n) is 3.58. The Morgan fingerprint density at radius 1 is 1.26 bits per heavy atom. The standard InChI is InChI=1S/C16H26N2O/c1-16(2,17)12-13-6-4-5-7-15(13)19-14-8-10-18(3)11-9-14/h4-7,14H,8-12,17H2,1-3H3. The van der Waals surface area contributed by atoms with Gasteiger partial charge in [-0.2, -0.15) is 0 Å². The topological polar surface area (TPSA) is 38.5 Å². The summed E-state index contributed by atoms with van der Waals surface area (Å²) >= 11 is 0. The van der Waals surface area contributed by atoms with Gasteiger partial charge in [0.25, 0.3) is 0 Å². The zero-order valence-electron chi connectivity index (χ0n) is 12.4. The van der Waals surface area contributed by atoms with Crippen molar-refractivity contribution in [3.05, 3.63) is 29.8 Å². The molecule has 1 fully saturated rings. The number of para-hydroxylation sites is 1. The first kappa shape index (κ1) is 14.4. The number of hydrogen-bond donors (Lipinski definition) is 1. The van der Waals surface area contributed by atoms with Gasteiger partial charge in [0, 0.05) is 18.6 Å². The Morgan fingerprint density at radius 2 is 1.89 bits per heavy atom. The van der Waals surface area contributed by atoms with Gasteiger partial charge in [0.2, 0.25) is 0 Å². The highest BCUT2D eigenvalue weighted by atomic mass is 16.5. The van der Waals surface area contributed by atoms with E-state index >= 15 is 0 Å². The average molecular weight is 262 g/mol. The van der Waals surface area contributed by atoms with Crippen LogP contribution in [0.4, 0.5) is 0 Å². The largest absolute Gasteiger partial charge is 0.490 e. The van der Waals surface area contributed by atoms with Crippen LogP contribution in [0.5, 0.6) is 5.75 Å². The Balaban J connectivity index is 2.03. The van der Waals surface area contributed by atoms with Crippen LogP contribution in [0.3, 0.4) is 0 Å². The summed E-state index contributed by atoms with van der Waals surface area (Å²) in [7, 11) is 2.17. The summed E-state index contributed by atoms with van der Waals surface area (Å²) < 4.78 is 6.20. The summed E-state index contributed by atoms with van der Waals surface area (Å²) in [4.78, 5) is 2.36. The summed E-state index contributed by atoms with van der Waals surface area (Å²) in [5.41, 5.74) is 7.14. The van der Waals surface area contributed by atoms with Crippen LogP contribution in [-0.4, -0.2) is 36.7 Å². The zero-order valence-corrected chi connectivity index (χ0v) is 12.4. The summed E-state index contributed by atoms with van der Waals surface area (Å²) in [5, 5.41) is 0. The van der Waals surface area contributed by atoms with E-state index in [1.54, 1.807) is 0 Å². The molecule has 0 bridgehead atoms. The van der Waals surface area contributed by atoms with Gasteiger partial charge >= 0.3 is 0 Å². The van der Waals surface area contributed by atoms with E-state index in [1.807, 2.05) is 6.07 Å². The molecule has 1 saturated heterocycles. The van der Waals surface area contributed by atoms with Crippen LogP contribution in [-0.2, 0) is 6.42 Å². The van der Waals surface area contributed by atoms with Crippen molar-refractivity contribution in [2.45, 2.75) is 44.8 Å². The van der Waals surface area contributed by atoms with Crippen LogP contribution in [0.2, 0.25) is 0 Å². The van der Waals surface area contributed by atoms with Gasteiger partial charge in [-0.25, -0.2) is 0 Å². The second-order valence-electron chi connectivity index (χ2n) is 6.39. The van der Waals surface area contributed by atoms with Crippen molar-refractivity contribution in [3.8, 4) is 5.75 Å². The summed E-state index contributed by atoms with van der Waals surface area (Å²) in [6, 6.07) is 8.29. The number of ether oxygens (including phenoxy) is 1. The molecule has 2 rings (SSSR count). The third-order valence-corrected chi connectivity index (χ3v) is 3.58. The van der Waals surface area contributed by atoms with Gasteiger partial charge in [0.05, 0.1) is 0 Å². The Labute approximate surface area is 116 Å². The zero-order chi connectivity index (χ0) is 13.9. The van der Waals surface area contributed by atoms with Crippen LogP contribution in [0, 0.1) is 0 Å². The molecule has 1 aliphatic rings. The number of hydrogen-bond acceptors (Lipinski definition) is 3. The highest BCUT2D eigenvalue weighted by Crippen LogP contribution is 2.25. The predicted octanol–water partition coefficient (Wildman–Crippen LogP) is 2.44. The van der Waals surface area contributed by atoms with Gasteiger partial charge in [-0.05, 0) is 51.8 Å². The summed E-state index contributed by atoms with van der Waals surface area (Å²) in [6.07, 6.45) is 3.40. The first-order valence-electron chi connectivity index (χ1n) is 7.16. The molecule has 0 unspecified atom stereocenters. The van der Waals surface area contributed by atoms with Crippen molar-refractivity contribution < 1.29 is 4.74 Å². The third kappa shape index (κ3) is 4.51. The lowest BCUT2D eigenvalue weighted by Gasteiger charge is -2.30. The van der Waals surface area contributed by atoms with E-state index in [-0.39, 0.29) is 5.54 Å². The molecule has 1 heterocycles. The smallest absolute Gasteiger partial charge is 0.122 e. The van der Waals surface area contributed by atoms with Crippen molar-refractivity contribution in [3.63, 3.8) is 0 Å². The van der Waals surface area contributed by atoms with Gasteiger partial charge in [-0.3, -0.25) is 0 Å². The highest BCUT2D eigenvalue weighted by molar-refractivity contribution is 5.34. The molecule has 2 N–H and O–H groups in total. The molecule has 0 saturated carbocycles. The number of benzene rings is 1. The molecule has 0 radical (unpaired) electrons. The lowest BCUT2D eigenvalue weighted by molar-refractivity contribution is 0.113. The van der Waals surface area contributed by atoms with Gasteiger partial charge in [-0.15, -0.1) is 0 Å². The molecule has 3 heteroatoms. The summed E-state index contributed by atoms with van der Waals surface area (Å²) in [5.74, 6) is 1.01. The minimum absolute atomic E-state index is 0.202. The van der Waals surface area contributed by atoms with E-state index in [4.69, 9.17) is 10.5 Å². The fourth-order valence-corrected chi connectivity index (χ4v) is 2.54. The second kappa shape index (κ2) is 5.93. The minimum Gasteiger partial charge on any atom is -0.490 e. The van der Waals surface area contributed by atoms with Gasteiger partial charge in [-0.1, -0.05) is 18.2 Å². The number of nitrogens with zero attached hydrogens (tertiary/aromatic N) is 1. The molecule has 0 aromatic heterocycles. The first-order valence-corrected chi connectivity index (χ1v) is 7.16.